The summed E-state index contributed by atoms with van der Waals surface area (Å²) in [7, 11) is 0. The van der Waals surface area contributed by atoms with Crippen LogP contribution in [0.3, 0.4) is 0 Å². The SMILES string of the molecule is CC1=C(N)N=C(N)N(c2ccccc2)C1C. The Morgan fingerprint density at radius 3 is 2.44 bits per heavy atom. The highest BCUT2D eigenvalue weighted by molar-refractivity contribution is 5.97. The van der Waals surface area contributed by atoms with E-state index >= 15 is 0 Å². The Bertz CT molecular complexity index is 447. The summed E-state index contributed by atoms with van der Waals surface area (Å²) in [4.78, 5) is 6.13. The van der Waals surface area contributed by atoms with Crippen LogP contribution in [0.5, 0.6) is 0 Å². The van der Waals surface area contributed by atoms with Gasteiger partial charge in [-0.2, -0.15) is 4.99 Å². The van der Waals surface area contributed by atoms with E-state index in [4.69, 9.17) is 11.5 Å². The van der Waals surface area contributed by atoms with Crippen molar-refractivity contribution >= 4 is 11.6 Å². The van der Waals surface area contributed by atoms with Gasteiger partial charge in [0.2, 0.25) is 5.96 Å². The van der Waals surface area contributed by atoms with Gasteiger partial charge in [0.15, 0.2) is 0 Å². The van der Waals surface area contributed by atoms with E-state index in [0.29, 0.717) is 11.8 Å². The first kappa shape index (κ1) is 10.5. The van der Waals surface area contributed by atoms with Gasteiger partial charge in [0.05, 0.1) is 6.04 Å². The van der Waals surface area contributed by atoms with Crippen molar-refractivity contribution in [2.24, 2.45) is 16.5 Å². The van der Waals surface area contributed by atoms with E-state index < -0.39 is 0 Å². The molecule has 4 heteroatoms. The van der Waals surface area contributed by atoms with E-state index in [2.05, 4.69) is 11.9 Å². The summed E-state index contributed by atoms with van der Waals surface area (Å²) in [5.41, 5.74) is 13.8. The molecule has 1 aliphatic heterocycles. The molecule has 1 unspecified atom stereocenters. The second-order valence-electron chi connectivity index (χ2n) is 3.92. The van der Waals surface area contributed by atoms with E-state index in [-0.39, 0.29) is 6.04 Å². The molecule has 0 saturated carbocycles. The molecule has 0 fully saturated rings. The van der Waals surface area contributed by atoms with Crippen LogP contribution >= 0.6 is 0 Å². The molecule has 0 saturated heterocycles. The van der Waals surface area contributed by atoms with Gasteiger partial charge in [0.25, 0.3) is 0 Å². The summed E-state index contributed by atoms with van der Waals surface area (Å²) in [6.07, 6.45) is 0. The molecule has 4 nitrogen and oxygen atoms in total. The maximum atomic E-state index is 5.92. The van der Waals surface area contributed by atoms with Gasteiger partial charge in [0.1, 0.15) is 5.82 Å². The quantitative estimate of drug-likeness (QED) is 0.745. The van der Waals surface area contributed by atoms with Crippen LogP contribution in [0.25, 0.3) is 0 Å². The third kappa shape index (κ3) is 1.62. The summed E-state index contributed by atoms with van der Waals surface area (Å²) in [6, 6.07) is 10.1. The average Bonchev–Trinajstić information content (AvgIpc) is 2.28. The first-order chi connectivity index (χ1) is 7.61. The Morgan fingerprint density at radius 2 is 1.81 bits per heavy atom. The van der Waals surface area contributed by atoms with Gasteiger partial charge in [-0.05, 0) is 31.6 Å². The third-order valence-electron chi connectivity index (χ3n) is 2.93. The number of nitrogens with zero attached hydrogens (tertiary/aromatic N) is 2. The lowest BCUT2D eigenvalue weighted by atomic mass is 10.1. The van der Waals surface area contributed by atoms with Gasteiger partial charge < -0.3 is 16.4 Å². The van der Waals surface area contributed by atoms with Crippen molar-refractivity contribution in [2.75, 3.05) is 4.90 Å². The summed E-state index contributed by atoms with van der Waals surface area (Å²) >= 11 is 0. The zero-order valence-corrected chi connectivity index (χ0v) is 9.51. The van der Waals surface area contributed by atoms with Crippen molar-refractivity contribution in [3.63, 3.8) is 0 Å². The fourth-order valence-corrected chi connectivity index (χ4v) is 1.82. The Hall–Kier alpha value is -1.97. The molecule has 0 aliphatic carbocycles. The number of hydrogen-bond acceptors (Lipinski definition) is 4. The molecule has 16 heavy (non-hydrogen) atoms. The molecule has 0 aromatic heterocycles. The number of aliphatic imine (C=N–C) groups is 1. The van der Waals surface area contributed by atoms with Crippen LogP contribution in [0.2, 0.25) is 0 Å². The number of benzene rings is 1. The van der Waals surface area contributed by atoms with Gasteiger partial charge in [-0.25, -0.2) is 0 Å². The van der Waals surface area contributed by atoms with Crippen LogP contribution < -0.4 is 16.4 Å². The number of hydrogen-bond donors (Lipinski definition) is 2. The highest BCUT2D eigenvalue weighted by Crippen LogP contribution is 2.24. The zero-order chi connectivity index (χ0) is 11.7. The lowest BCUT2D eigenvalue weighted by Gasteiger charge is -2.34. The molecule has 1 aromatic rings. The van der Waals surface area contributed by atoms with Crippen LogP contribution in [-0.2, 0) is 0 Å². The van der Waals surface area contributed by atoms with Gasteiger partial charge in [-0.3, -0.25) is 0 Å². The second kappa shape index (κ2) is 3.89. The minimum Gasteiger partial charge on any atom is -0.384 e. The number of anilines is 1. The topological polar surface area (TPSA) is 67.6 Å². The Labute approximate surface area is 95.3 Å². The number of para-hydroxylation sites is 1. The molecule has 0 radical (unpaired) electrons. The molecular weight excluding hydrogens is 200 g/mol. The van der Waals surface area contributed by atoms with E-state index in [0.717, 1.165) is 11.3 Å². The van der Waals surface area contributed by atoms with E-state index in [1.54, 1.807) is 0 Å². The van der Waals surface area contributed by atoms with Crippen LogP contribution in [0, 0.1) is 0 Å². The predicted octanol–water partition coefficient (Wildman–Crippen LogP) is 1.40. The normalized spacial score (nSPS) is 21.0. The summed E-state index contributed by atoms with van der Waals surface area (Å²) < 4.78 is 0. The number of rotatable bonds is 1. The van der Waals surface area contributed by atoms with Crippen molar-refractivity contribution in [3.05, 3.63) is 41.7 Å². The van der Waals surface area contributed by atoms with Crippen LogP contribution in [0.4, 0.5) is 5.69 Å². The molecule has 2 rings (SSSR count). The van der Waals surface area contributed by atoms with Crippen LogP contribution in [0.15, 0.2) is 46.7 Å². The van der Waals surface area contributed by atoms with Crippen molar-refractivity contribution in [1.29, 1.82) is 0 Å². The lowest BCUT2D eigenvalue weighted by molar-refractivity contribution is 0.786. The second-order valence-corrected chi connectivity index (χ2v) is 3.92. The number of nitrogens with two attached hydrogens (primary N) is 2. The fourth-order valence-electron chi connectivity index (χ4n) is 1.82. The van der Waals surface area contributed by atoms with Crippen LogP contribution in [0.1, 0.15) is 13.8 Å². The summed E-state index contributed by atoms with van der Waals surface area (Å²) in [5.74, 6) is 0.971. The van der Waals surface area contributed by atoms with Gasteiger partial charge in [-0.15, -0.1) is 0 Å². The lowest BCUT2D eigenvalue weighted by Crippen LogP contribution is -2.47. The van der Waals surface area contributed by atoms with Gasteiger partial charge in [-0.1, -0.05) is 18.2 Å². The average molecular weight is 216 g/mol. The Morgan fingerprint density at radius 1 is 1.19 bits per heavy atom. The summed E-state index contributed by atoms with van der Waals surface area (Å²) in [6.45, 7) is 4.04. The smallest absolute Gasteiger partial charge is 0.203 e. The maximum Gasteiger partial charge on any atom is 0.203 e. The third-order valence-corrected chi connectivity index (χ3v) is 2.93. The van der Waals surface area contributed by atoms with Crippen molar-refractivity contribution < 1.29 is 0 Å². The fraction of sp³-hybridized carbons (Fsp3) is 0.250. The monoisotopic (exact) mass is 216 g/mol. The molecule has 1 aliphatic rings. The molecular formula is C12H16N4. The molecule has 1 atom stereocenters. The standard InChI is InChI=1S/C12H16N4/c1-8-9(2)16(12(14)15-11(8)13)10-6-4-3-5-7-10/h3-7,9H,13H2,1-2H3,(H2,14,15). The highest BCUT2D eigenvalue weighted by atomic mass is 15.3. The minimum atomic E-state index is 0.139. The molecule has 0 bridgehead atoms. The van der Waals surface area contributed by atoms with Gasteiger partial charge in [0, 0.05) is 5.69 Å². The van der Waals surface area contributed by atoms with E-state index in [1.165, 1.54) is 0 Å². The van der Waals surface area contributed by atoms with Crippen molar-refractivity contribution in [3.8, 4) is 0 Å². The highest BCUT2D eigenvalue weighted by Gasteiger charge is 2.24. The molecule has 1 heterocycles. The minimum absolute atomic E-state index is 0.139. The maximum absolute atomic E-state index is 5.92. The van der Waals surface area contributed by atoms with Crippen molar-refractivity contribution in [2.45, 2.75) is 19.9 Å². The van der Waals surface area contributed by atoms with Crippen LogP contribution in [-0.4, -0.2) is 12.0 Å². The molecule has 4 N–H and O–H groups in total. The first-order valence-electron chi connectivity index (χ1n) is 5.26. The Kier molecular flexibility index (Phi) is 2.56. The molecule has 0 spiro atoms. The molecule has 0 amide bonds. The van der Waals surface area contributed by atoms with E-state index in [9.17, 15) is 0 Å². The summed E-state index contributed by atoms with van der Waals surface area (Å²) in [5, 5.41) is 0. The number of guanidine groups is 1. The molecule has 84 valence electrons. The van der Waals surface area contributed by atoms with Gasteiger partial charge >= 0.3 is 0 Å². The zero-order valence-electron chi connectivity index (χ0n) is 9.51. The first-order valence-corrected chi connectivity index (χ1v) is 5.26. The Balaban J connectivity index is 2.42. The van der Waals surface area contributed by atoms with Crippen molar-refractivity contribution in [1.82, 2.24) is 0 Å². The molecule has 1 aromatic carbocycles. The predicted molar refractivity (Wildman–Crippen MR) is 66.9 cm³/mol. The van der Waals surface area contributed by atoms with E-state index in [1.807, 2.05) is 42.2 Å². The largest absolute Gasteiger partial charge is 0.384 e.